The number of rotatable bonds is 3. The first-order valence-corrected chi connectivity index (χ1v) is 9.49. The zero-order valence-electron chi connectivity index (χ0n) is 16.3. The van der Waals surface area contributed by atoms with Crippen LogP contribution >= 0.6 is 0 Å². The first kappa shape index (κ1) is 18.2. The minimum absolute atomic E-state index is 0.0818. The van der Waals surface area contributed by atoms with Gasteiger partial charge in [-0.05, 0) is 57.0 Å². The summed E-state index contributed by atoms with van der Waals surface area (Å²) in [5, 5.41) is 11.5. The van der Waals surface area contributed by atoms with Gasteiger partial charge in [-0.1, -0.05) is 5.16 Å². The first-order valence-electron chi connectivity index (χ1n) is 9.49. The summed E-state index contributed by atoms with van der Waals surface area (Å²) in [5.74, 6) is 1.58. The Balaban J connectivity index is 1.34. The molecule has 8 heteroatoms. The number of anilines is 1. The van der Waals surface area contributed by atoms with E-state index in [1.54, 1.807) is 6.92 Å². The lowest BCUT2D eigenvalue weighted by Crippen LogP contribution is -2.40. The number of hydrogen-bond donors (Lipinski definition) is 1. The predicted molar refractivity (Wildman–Crippen MR) is 105 cm³/mol. The van der Waals surface area contributed by atoms with Crippen molar-refractivity contribution in [1.29, 1.82) is 0 Å². The second-order valence-corrected chi connectivity index (χ2v) is 7.25. The van der Waals surface area contributed by atoms with Gasteiger partial charge in [-0.3, -0.25) is 0 Å². The number of likely N-dealkylation sites (tertiary alicyclic amines) is 1. The fourth-order valence-electron chi connectivity index (χ4n) is 3.60. The Labute approximate surface area is 163 Å². The summed E-state index contributed by atoms with van der Waals surface area (Å²) in [6.45, 7) is 7.14. The van der Waals surface area contributed by atoms with Crippen molar-refractivity contribution in [3.05, 3.63) is 53.4 Å². The molecule has 2 amide bonds. The normalized spacial score (nSPS) is 15.0. The zero-order valence-corrected chi connectivity index (χ0v) is 16.3. The minimum Gasteiger partial charge on any atom is -0.340 e. The molecule has 4 rings (SSSR count). The molecule has 1 N–H and O–H groups in total. The van der Waals surface area contributed by atoms with Crippen LogP contribution in [-0.2, 0) is 0 Å². The molecular formula is C20H24N6O2. The summed E-state index contributed by atoms with van der Waals surface area (Å²) >= 11 is 0. The Bertz CT molecular complexity index is 967. The van der Waals surface area contributed by atoms with E-state index in [1.165, 1.54) is 0 Å². The van der Waals surface area contributed by atoms with E-state index in [-0.39, 0.29) is 11.9 Å². The summed E-state index contributed by atoms with van der Waals surface area (Å²) in [7, 11) is 0. The van der Waals surface area contributed by atoms with Crippen LogP contribution in [0.1, 0.15) is 41.9 Å². The molecule has 1 aliphatic rings. The zero-order chi connectivity index (χ0) is 19.7. The highest BCUT2D eigenvalue weighted by Crippen LogP contribution is 2.26. The number of carbonyl (C=O) groups excluding carboxylic acids is 1. The Morgan fingerprint density at radius 3 is 2.43 bits per heavy atom. The second kappa shape index (κ2) is 7.46. The number of aromatic nitrogens is 4. The Morgan fingerprint density at radius 1 is 1.14 bits per heavy atom. The number of urea groups is 1. The topological polar surface area (TPSA) is 89.1 Å². The van der Waals surface area contributed by atoms with Crippen LogP contribution in [-0.4, -0.2) is 43.9 Å². The Kier molecular flexibility index (Phi) is 4.85. The fourth-order valence-corrected chi connectivity index (χ4v) is 3.60. The van der Waals surface area contributed by atoms with Crippen molar-refractivity contribution in [3.8, 4) is 5.69 Å². The van der Waals surface area contributed by atoms with Crippen molar-refractivity contribution in [1.82, 2.24) is 24.8 Å². The van der Waals surface area contributed by atoms with E-state index in [4.69, 9.17) is 4.52 Å². The summed E-state index contributed by atoms with van der Waals surface area (Å²) < 4.78 is 6.96. The quantitative estimate of drug-likeness (QED) is 0.750. The van der Waals surface area contributed by atoms with E-state index in [2.05, 4.69) is 20.6 Å². The fraction of sp³-hybridized carbons (Fsp3) is 0.400. The largest absolute Gasteiger partial charge is 0.340 e. The Morgan fingerprint density at radius 2 is 1.86 bits per heavy atom. The van der Waals surface area contributed by atoms with Crippen LogP contribution < -0.4 is 5.32 Å². The molecule has 0 saturated carbocycles. The molecular weight excluding hydrogens is 356 g/mol. The van der Waals surface area contributed by atoms with Gasteiger partial charge in [0.1, 0.15) is 0 Å². The molecule has 0 spiro atoms. The van der Waals surface area contributed by atoms with E-state index in [0.717, 1.165) is 41.4 Å². The highest BCUT2D eigenvalue weighted by atomic mass is 16.5. The Hall–Kier alpha value is -3.16. The number of amides is 2. The van der Waals surface area contributed by atoms with Gasteiger partial charge in [0, 0.05) is 37.3 Å². The number of carbonyl (C=O) groups is 1. The maximum absolute atomic E-state index is 12.6. The van der Waals surface area contributed by atoms with Crippen molar-refractivity contribution < 1.29 is 9.32 Å². The van der Waals surface area contributed by atoms with Gasteiger partial charge in [0.05, 0.1) is 11.4 Å². The van der Waals surface area contributed by atoms with Crippen molar-refractivity contribution >= 4 is 11.7 Å². The molecule has 3 heterocycles. The van der Waals surface area contributed by atoms with E-state index in [1.807, 2.05) is 53.8 Å². The third kappa shape index (κ3) is 3.76. The van der Waals surface area contributed by atoms with Crippen molar-refractivity contribution in [2.45, 2.75) is 39.5 Å². The molecule has 1 saturated heterocycles. The minimum atomic E-state index is -0.0818. The smallest absolute Gasteiger partial charge is 0.321 e. The summed E-state index contributed by atoms with van der Waals surface area (Å²) in [4.78, 5) is 18.7. The van der Waals surface area contributed by atoms with E-state index in [9.17, 15) is 4.79 Å². The molecule has 1 aliphatic heterocycles. The predicted octanol–water partition coefficient (Wildman–Crippen LogP) is 3.59. The van der Waals surface area contributed by atoms with Gasteiger partial charge in [0.2, 0.25) is 5.89 Å². The van der Waals surface area contributed by atoms with Gasteiger partial charge >= 0.3 is 6.03 Å². The van der Waals surface area contributed by atoms with Crippen molar-refractivity contribution in [2.75, 3.05) is 18.4 Å². The van der Waals surface area contributed by atoms with Crippen LogP contribution in [0, 0.1) is 20.8 Å². The van der Waals surface area contributed by atoms with Crippen LogP contribution in [0.15, 0.2) is 34.9 Å². The lowest BCUT2D eigenvalue weighted by molar-refractivity contribution is 0.193. The maximum Gasteiger partial charge on any atom is 0.321 e. The number of piperidine rings is 1. The monoisotopic (exact) mass is 380 g/mol. The number of aryl methyl sites for hydroxylation is 3. The van der Waals surface area contributed by atoms with Gasteiger partial charge in [-0.15, -0.1) is 0 Å². The number of nitrogens with one attached hydrogen (secondary N) is 1. The molecule has 28 heavy (non-hydrogen) atoms. The van der Waals surface area contributed by atoms with Gasteiger partial charge in [0.15, 0.2) is 5.82 Å². The molecule has 8 nitrogen and oxygen atoms in total. The summed E-state index contributed by atoms with van der Waals surface area (Å²) in [6, 6.07) is 9.67. The SMILES string of the molecule is Cc1cc(C)n(-c2ccc(NC(=O)N3CCC(c4noc(C)n4)CC3)cc2)n1. The lowest BCUT2D eigenvalue weighted by Gasteiger charge is -2.30. The summed E-state index contributed by atoms with van der Waals surface area (Å²) in [5.41, 5.74) is 3.80. The van der Waals surface area contributed by atoms with Crippen LogP contribution in [0.5, 0.6) is 0 Å². The van der Waals surface area contributed by atoms with Crippen molar-refractivity contribution in [2.24, 2.45) is 0 Å². The maximum atomic E-state index is 12.6. The van der Waals surface area contributed by atoms with Crippen LogP contribution in [0.3, 0.4) is 0 Å². The third-order valence-corrected chi connectivity index (χ3v) is 5.06. The highest BCUT2D eigenvalue weighted by Gasteiger charge is 2.26. The van der Waals surface area contributed by atoms with Gasteiger partial charge < -0.3 is 14.7 Å². The third-order valence-electron chi connectivity index (χ3n) is 5.06. The number of nitrogens with zero attached hydrogens (tertiary/aromatic N) is 5. The summed E-state index contributed by atoms with van der Waals surface area (Å²) in [6.07, 6.45) is 1.67. The molecule has 0 radical (unpaired) electrons. The molecule has 146 valence electrons. The van der Waals surface area contributed by atoms with Crippen LogP contribution in [0.25, 0.3) is 5.69 Å². The molecule has 3 aromatic rings. The lowest BCUT2D eigenvalue weighted by atomic mass is 9.96. The highest BCUT2D eigenvalue weighted by molar-refractivity contribution is 5.89. The number of benzene rings is 1. The molecule has 1 fully saturated rings. The van der Waals surface area contributed by atoms with E-state index in [0.29, 0.717) is 19.0 Å². The standard InChI is InChI=1S/C20H24N6O2/c1-13-12-14(2)26(23-13)18-6-4-17(5-7-18)22-20(27)25-10-8-16(9-11-25)19-21-15(3)28-24-19/h4-7,12,16H,8-11H2,1-3H3,(H,22,27). The molecule has 1 aromatic carbocycles. The van der Waals surface area contributed by atoms with Gasteiger partial charge in [0.25, 0.3) is 0 Å². The van der Waals surface area contributed by atoms with Gasteiger partial charge in [-0.25, -0.2) is 9.48 Å². The van der Waals surface area contributed by atoms with Crippen LogP contribution in [0.2, 0.25) is 0 Å². The number of hydrogen-bond acceptors (Lipinski definition) is 5. The average molecular weight is 380 g/mol. The van der Waals surface area contributed by atoms with Gasteiger partial charge in [-0.2, -0.15) is 10.1 Å². The first-order chi connectivity index (χ1) is 13.5. The average Bonchev–Trinajstić information content (AvgIpc) is 3.27. The molecule has 0 unspecified atom stereocenters. The molecule has 0 atom stereocenters. The second-order valence-electron chi connectivity index (χ2n) is 7.25. The molecule has 0 bridgehead atoms. The molecule has 0 aliphatic carbocycles. The van der Waals surface area contributed by atoms with E-state index >= 15 is 0 Å². The van der Waals surface area contributed by atoms with Crippen molar-refractivity contribution in [3.63, 3.8) is 0 Å². The molecule has 2 aromatic heterocycles. The van der Waals surface area contributed by atoms with E-state index < -0.39 is 0 Å². The van der Waals surface area contributed by atoms with Crippen LogP contribution in [0.4, 0.5) is 10.5 Å².